The van der Waals surface area contributed by atoms with Gasteiger partial charge in [-0.25, -0.2) is 0 Å². The summed E-state index contributed by atoms with van der Waals surface area (Å²) in [6.07, 6.45) is 7.41. The number of hydrogen-bond donors (Lipinski definition) is 3. The van der Waals surface area contributed by atoms with E-state index in [1.54, 1.807) is 19.4 Å². The van der Waals surface area contributed by atoms with Crippen LogP contribution in [0.3, 0.4) is 0 Å². The number of allylic oxidation sites excluding steroid dienone is 6. The Hall–Kier alpha value is -3.02. The molecule has 0 saturated carbocycles. The largest absolute Gasteiger partial charge is 0.512 e. The second kappa shape index (κ2) is 7.92. The first-order valence-corrected chi connectivity index (χ1v) is 9.43. The predicted molar refractivity (Wildman–Crippen MR) is 109 cm³/mol. The Morgan fingerprint density at radius 2 is 2.11 bits per heavy atom. The maximum Gasteiger partial charge on any atom is 0.250 e. The Bertz CT molecular complexity index is 907. The van der Waals surface area contributed by atoms with E-state index < -0.39 is 5.91 Å². The molecule has 2 aliphatic carbocycles. The summed E-state index contributed by atoms with van der Waals surface area (Å²) in [4.78, 5) is 16.5. The third-order valence-corrected chi connectivity index (χ3v) is 5.69. The second-order valence-electron chi connectivity index (χ2n) is 7.43. The quantitative estimate of drug-likeness (QED) is 0.740. The molecule has 2 atom stereocenters. The van der Waals surface area contributed by atoms with Gasteiger partial charge in [0.1, 0.15) is 5.75 Å². The molecule has 148 valence electrons. The highest BCUT2D eigenvalue weighted by Gasteiger charge is 2.32. The summed E-state index contributed by atoms with van der Waals surface area (Å²) in [5.41, 5.74) is 16.1. The highest BCUT2D eigenvalue weighted by molar-refractivity contribution is 5.97. The van der Waals surface area contributed by atoms with Gasteiger partial charge in [0, 0.05) is 18.0 Å². The Labute approximate surface area is 165 Å². The van der Waals surface area contributed by atoms with Crippen LogP contribution in [0.1, 0.15) is 38.8 Å². The number of hydrogen-bond acceptors (Lipinski definition) is 5. The molecular formula is C22H27N3O3. The summed E-state index contributed by atoms with van der Waals surface area (Å²) in [6.45, 7) is 4.06. The third-order valence-electron chi connectivity index (χ3n) is 5.69. The average Bonchev–Trinajstić information content (AvgIpc) is 2.85. The van der Waals surface area contributed by atoms with Crippen molar-refractivity contribution in [3.05, 3.63) is 64.4 Å². The van der Waals surface area contributed by atoms with Crippen LogP contribution in [0, 0.1) is 11.8 Å². The zero-order valence-corrected chi connectivity index (χ0v) is 16.5. The SMILES string of the molecule is COc1ccc(C2=CC(C3C(C)=C(O)CC[C@H]3C)=C(N)C(C(N)=O)=CC2)nc1. The van der Waals surface area contributed by atoms with Gasteiger partial charge in [0.05, 0.1) is 30.3 Å². The summed E-state index contributed by atoms with van der Waals surface area (Å²) in [7, 11) is 1.59. The highest BCUT2D eigenvalue weighted by atomic mass is 16.5. The lowest BCUT2D eigenvalue weighted by Crippen LogP contribution is -2.26. The van der Waals surface area contributed by atoms with Gasteiger partial charge in [-0.3, -0.25) is 9.78 Å². The number of carbonyl (C=O) groups is 1. The van der Waals surface area contributed by atoms with Crippen molar-refractivity contribution in [1.82, 2.24) is 4.98 Å². The summed E-state index contributed by atoms with van der Waals surface area (Å²) < 4.78 is 5.18. The second-order valence-corrected chi connectivity index (χ2v) is 7.43. The molecule has 1 aromatic heterocycles. The summed E-state index contributed by atoms with van der Waals surface area (Å²) >= 11 is 0. The number of amides is 1. The number of primary amides is 1. The van der Waals surface area contributed by atoms with Gasteiger partial charge in [0.15, 0.2) is 0 Å². The molecule has 6 heteroatoms. The number of nitrogens with two attached hydrogens (primary N) is 2. The van der Waals surface area contributed by atoms with Gasteiger partial charge < -0.3 is 21.3 Å². The normalized spacial score (nSPS) is 23.1. The molecule has 28 heavy (non-hydrogen) atoms. The first kappa shape index (κ1) is 19.7. The van der Waals surface area contributed by atoms with Crippen LogP contribution in [-0.4, -0.2) is 23.1 Å². The van der Waals surface area contributed by atoms with Crippen molar-refractivity contribution >= 4 is 11.5 Å². The standard InChI is InChI=1S/C22H27N3O3/c1-12-4-9-19(26)13(2)20(12)17-10-14(5-7-16(21(17)23)22(24)27)18-8-6-15(28-3)11-25-18/h6-8,10-12,20,26H,4-5,9,23H2,1-3H3,(H2,24,27)/t12-,20?/m1/s1. The molecule has 1 aromatic rings. The van der Waals surface area contributed by atoms with Gasteiger partial charge in [-0.1, -0.05) is 19.1 Å². The molecule has 0 spiro atoms. The third kappa shape index (κ3) is 3.67. The van der Waals surface area contributed by atoms with E-state index in [0.29, 0.717) is 35.6 Å². The van der Waals surface area contributed by atoms with E-state index in [4.69, 9.17) is 16.2 Å². The number of rotatable bonds is 4. The van der Waals surface area contributed by atoms with Gasteiger partial charge in [-0.15, -0.1) is 0 Å². The van der Waals surface area contributed by atoms with Crippen molar-refractivity contribution in [2.24, 2.45) is 23.3 Å². The Balaban J connectivity index is 2.15. The number of ether oxygens (including phenoxy) is 1. The number of aliphatic hydroxyl groups is 1. The first-order chi connectivity index (χ1) is 13.3. The molecule has 0 aliphatic heterocycles. The molecular weight excluding hydrogens is 354 g/mol. The predicted octanol–water partition coefficient (Wildman–Crippen LogP) is 3.38. The number of aliphatic hydroxyl groups excluding tert-OH is 1. The maximum absolute atomic E-state index is 12.0. The molecule has 0 aromatic carbocycles. The van der Waals surface area contributed by atoms with E-state index in [9.17, 15) is 9.90 Å². The molecule has 1 heterocycles. The monoisotopic (exact) mass is 381 g/mol. The fourth-order valence-electron chi connectivity index (χ4n) is 4.04. The van der Waals surface area contributed by atoms with Gasteiger partial charge in [0.25, 0.3) is 0 Å². The zero-order chi connectivity index (χ0) is 20.4. The Morgan fingerprint density at radius 3 is 2.71 bits per heavy atom. The molecule has 2 aliphatic rings. The number of nitrogens with zero attached hydrogens (tertiary/aromatic N) is 1. The van der Waals surface area contributed by atoms with E-state index >= 15 is 0 Å². The minimum atomic E-state index is -0.554. The molecule has 0 fully saturated rings. The van der Waals surface area contributed by atoms with Crippen LogP contribution in [0.4, 0.5) is 0 Å². The van der Waals surface area contributed by atoms with Gasteiger partial charge in [0.2, 0.25) is 5.91 Å². The van der Waals surface area contributed by atoms with Gasteiger partial charge in [-0.05, 0) is 54.5 Å². The van der Waals surface area contributed by atoms with Crippen molar-refractivity contribution in [2.75, 3.05) is 7.11 Å². The van der Waals surface area contributed by atoms with Crippen LogP contribution < -0.4 is 16.2 Å². The van der Waals surface area contributed by atoms with Crippen molar-refractivity contribution in [2.45, 2.75) is 33.1 Å². The lowest BCUT2D eigenvalue weighted by Gasteiger charge is -2.32. The van der Waals surface area contributed by atoms with E-state index in [2.05, 4.69) is 11.9 Å². The summed E-state index contributed by atoms with van der Waals surface area (Å²) in [5.74, 6) is 0.712. The fraction of sp³-hybridized carbons (Fsp3) is 0.364. The molecule has 1 amide bonds. The highest BCUT2D eigenvalue weighted by Crippen LogP contribution is 2.42. The van der Waals surface area contributed by atoms with Crippen LogP contribution in [0.2, 0.25) is 0 Å². The zero-order valence-electron chi connectivity index (χ0n) is 16.5. The number of aromatic nitrogens is 1. The molecule has 0 radical (unpaired) electrons. The van der Waals surface area contributed by atoms with Crippen LogP contribution in [0.15, 0.2) is 58.7 Å². The van der Waals surface area contributed by atoms with Crippen molar-refractivity contribution in [3.63, 3.8) is 0 Å². The average molecular weight is 381 g/mol. The molecule has 0 saturated heterocycles. The molecule has 0 bridgehead atoms. The number of methoxy groups -OCH3 is 1. The molecule has 6 nitrogen and oxygen atoms in total. The number of carbonyl (C=O) groups excluding carboxylic acids is 1. The minimum absolute atomic E-state index is 0.0807. The smallest absolute Gasteiger partial charge is 0.250 e. The van der Waals surface area contributed by atoms with Crippen molar-refractivity contribution in [1.29, 1.82) is 0 Å². The van der Waals surface area contributed by atoms with Crippen LogP contribution in [0.25, 0.3) is 5.57 Å². The van der Waals surface area contributed by atoms with Crippen molar-refractivity contribution in [3.8, 4) is 5.75 Å². The van der Waals surface area contributed by atoms with E-state index in [0.717, 1.165) is 28.8 Å². The van der Waals surface area contributed by atoms with Crippen LogP contribution >= 0.6 is 0 Å². The van der Waals surface area contributed by atoms with Gasteiger partial charge in [-0.2, -0.15) is 0 Å². The lowest BCUT2D eigenvalue weighted by molar-refractivity contribution is -0.114. The van der Waals surface area contributed by atoms with E-state index in [1.807, 2.05) is 25.1 Å². The first-order valence-electron chi connectivity index (χ1n) is 9.43. The van der Waals surface area contributed by atoms with E-state index in [1.165, 1.54) is 0 Å². The topological polar surface area (TPSA) is 111 Å². The molecule has 1 unspecified atom stereocenters. The van der Waals surface area contributed by atoms with Crippen molar-refractivity contribution < 1.29 is 14.6 Å². The Morgan fingerprint density at radius 1 is 1.36 bits per heavy atom. The van der Waals surface area contributed by atoms with E-state index in [-0.39, 0.29) is 11.8 Å². The number of pyridine rings is 1. The molecule has 3 rings (SSSR count). The van der Waals surface area contributed by atoms with Gasteiger partial charge >= 0.3 is 0 Å². The minimum Gasteiger partial charge on any atom is -0.512 e. The van der Waals surface area contributed by atoms with Crippen LogP contribution in [-0.2, 0) is 4.79 Å². The maximum atomic E-state index is 12.0. The summed E-state index contributed by atoms with van der Waals surface area (Å²) in [6, 6.07) is 3.73. The fourth-order valence-corrected chi connectivity index (χ4v) is 4.04. The molecule has 5 N–H and O–H groups in total. The lowest BCUT2D eigenvalue weighted by atomic mass is 9.73. The van der Waals surface area contributed by atoms with Crippen LogP contribution in [0.5, 0.6) is 5.75 Å². The Kier molecular flexibility index (Phi) is 5.58. The summed E-state index contributed by atoms with van der Waals surface area (Å²) in [5, 5.41) is 10.3.